The number of rotatable bonds is 8. The number of carbonyl (C=O) groups is 2. The highest BCUT2D eigenvalue weighted by Crippen LogP contribution is 2.39. The Bertz CT molecular complexity index is 1480. The highest BCUT2D eigenvalue weighted by molar-refractivity contribution is 5.99. The van der Waals surface area contributed by atoms with Crippen molar-refractivity contribution >= 4 is 34.5 Å². The Morgan fingerprint density at radius 1 is 1.00 bits per heavy atom. The molecule has 0 fully saturated rings. The molecule has 0 amide bonds. The van der Waals surface area contributed by atoms with E-state index in [0.717, 1.165) is 16.3 Å². The monoisotopic (exact) mass is 498 g/mol. The maximum absolute atomic E-state index is 13.2. The first kappa shape index (κ1) is 25.4. The summed E-state index contributed by atoms with van der Waals surface area (Å²) in [6, 6.07) is 19.9. The van der Waals surface area contributed by atoms with Crippen molar-refractivity contribution < 1.29 is 24.4 Å². The van der Waals surface area contributed by atoms with Crippen molar-refractivity contribution in [2.75, 3.05) is 6.61 Å². The molecule has 37 heavy (non-hydrogen) atoms. The van der Waals surface area contributed by atoms with Gasteiger partial charge in [0.05, 0.1) is 28.6 Å². The van der Waals surface area contributed by atoms with Gasteiger partial charge in [-0.05, 0) is 48.2 Å². The van der Waals surface area contributed by atoms with Gasteiger partial charge in [0.1, 0.15) is 0 Å². The molecule has 188 valence electrons. The van der Waals surface area contributed by atoms with Gasteiger partial charge in [0, 0.05) is 23.5 Å². The molecule has 0 spiro atoms. The number of benzene rings is 3. The maximum Gasteiger partial charge on any atom is 0.336 e. The fraction of sp³-hybridized carbons (Fsp3) is 0.172. The van der Waals surface area contributed by atoms with Crippen LogP contribution in [0.4, 0.5) is 5.69 Å². The number of carboxylic acid groups (broad SMARTS) is 1. The minimum absolute atomic E-state index is 0.0609. The molecule has 0 aromatic heterocycles. The van der Waals surface area contributed by atoms with E-state index >= 15 is 0 Å². The average Bonchev–Trinajstić information content (AvgIpc) is 2.87. The zero-order valence-corrected chi connectivity index (χ0v) is 20.4. The number of nitrogens with one attached hydrogen (secondary N) is 1. The molecule has 0 radical (unpaired) electrons. The van der Waals surface area contributed by atoms with Gasteiger partial charge in [-0.3, -0.25) is 10.1 Å². The van der Waals surface area contributed by atoms with Crippen molar-refractivity contribution in [1.29, 1.82) is 0 Å². The van der Waals surface area contributed by atoms with Crippen LogP contribution in [-0.2, 0) is 14.3 Å². The number of nitro groups is 1. The number of dihydropyridines is 1. The minimum atomic E-state index is -1.22. The summed E-state index contributed by atoms with van der Waals surface area (Å²) in [6.07, 6.45) is 4.32. The van der Waals surface area contributed by atoms with Gasteiger partial charge in [0.2, 0.25) is 0 Å². The topological polar surface area (TPSA) is 119 Å². The van der Waals surface area contributed by atoms with Crippen LogP contribution in [0.15, 0.2) is 95.3 Å². The molecule has 3 aromatic rings. The van der Waals surface area contributed by atoms with Crippen molar-refractivity contribution in [3.05, 3.63) is 117 Å². The molecular weight excluding hydrogens is 472 g/mol. The second kappa shape index (κ2) is 10.9. The first-order valence-electron chi connectivity index (χ1n) is 11.7. The van der Waals surface area contributed by atoms with Crippen LogP contribution in [0.1, 0.15) is 37.3 Å². The molecule has 1 heterocycles. The first-order valence-corrected chi connectivity index (χ1v) is 11.7. The summed E-state index contributed by atoms with van der Waals surface area (Å²) in [7, 11) is 0. The number of aliphatic carboxylic acids is 1. The van der Waals surface area contributed by atoms with Gasteiger partial charge in [-0.25, -0.2) is 9.59 Å². The molecule has 1 aliphatic rings. The number of non-ortho nitro benzene ring substituents is 1. The van der Waals surface area contributed by atoms with Crippen LogP contribution in [0.3, 0.4) is 0 Å². The summed E-state index contributed by atoms with van der Waals surface area (Å²) in [5.41, 5.74) is 2.01. The normalized spacial score (nSPS) is 15.7. The Morgan fingerprint density at radius 3 is 2.46 bits per heavy atom. The fourth-order valence-corrected chi connectivity index (χ4v) is 4.53. The van der Waals surface area contributed by atoms with E-state index in [0.29, 0.717) is 23.4 Å². The average molecular weight is 499 g/mol. The predicted octanol–water partition coefficient (Wildman–Crippen LogP) is 5.71. The number of esters is 1. The summed E-state index contributed by atoms with van der Waals surface area (Å²) < 4.78 is 5.52. The van der Waals surface area contributed by atoms with Gasteiger partial charge in [-0.1, -0.05) is 60.7 Å². The second-order valence-corrected chi connectivity index (χ2v) is 8.73. The van der Waals surface area contributed by atoms with E-state index in [4.69, 9.17) is 4.74 Å². The molecule has 0 saturated heterocycles. The third-order valence-electron chi connectivity index (χ3n) is 6.23. The number of carbonyl (C=O) groups excluding carboxylic acids is 1. The summed E-state index contributed by atoms with van der Waals surface area (Å²) in [6.45, 7) is 3.34. The zero-order valence-electron chi connectivity index (χ0n) is 20.4. The summed E-state index contributed by atoms with van der Waals surface area (Å²) in [5.74, 6) is -2.91. The van der Waals surface area contributed by atoms with Gasteiger partial charge < -0.3 is 15.2 Å². The third-order valence-corrected chi connectivity index (χ3v) is 6.23. The number of fused-ring (bicyclic) bond motifs is 1. The summed E-state index contributed by atoms with van der Waals surface area (Å²) >= 11 is 0. The van der Waals surface area contributed by atoms with Crippen molar-refractivity contribution in [3.63, 3.8) is 0 Å². The molecule has 8 nitrogen and oxygen atoms in total. The minimum Gasteiger partial charge on any atom is -0.478 e. The van der Waals surface area contributed by atoms with Crippen LogP contribution < -0.4 is 5.32 Å². The predicted molar refractivity (Wildman–Crippen MR) is 141 cm³/mol. The fourth-order valence-electron chi connectivity index (χ4n) is 4.53. The maximum atomic E-state index is 13.2. The lowest BCUT2D eigenvalue weighted by Crippen LogP contribution is -2.32. The molecule has 0 bridgehead atoms. The van der Waals surface area contributed by atoms with Gasteiger partial charge in [-0.2, -0.15) is 0 Å². The number of hydrogen-bond acceptors (Lipinski definition) is 6. The van der Waals surface area contributed by atoms with Gasteiger partial charge in [-0.15, -0.1) is 0 Å². The van der Waals surface area contributed by atoms with Crippen molar-refractivity contribution in [2.45, 2.75) is 26.2 Å². The molecule has 1 aliphatic heterocycles. The molecule has 1 atom stereocenters. The van der Waals surface area contributed by atoms with E-state index in [2.05, 4.69) is 11.4 Å². The van der Waals surface area contributed by atoms with E-state index < -0.39 is 22.8 Å². The SMILES string of the molecule is CC1=C(C(=O)O)C(c2cccc([N+](=O)[O-])c2)C(C(=O)OCCC=Cc2ccc3ccccc3c2)=C(C)N1. The van der Waals surface area contributed by atoms with Crippen molar-refractivity contribution in [1.82, 2.24) is 5.32 Å². The molecule has 4 rings (SSSR count). The second-order valence-electron chi connectivity index (χ2n) is 8.73. The van der Waals surface area contributed by atoms with Crippen molar-refractivity contribution in [2.24, 2.45) is 0 Å². The van der Waals surface area contributed by atoms with E-state index in [1.54, 1.807) is 19.9 Å². The van der Waals surface area contributed by atoms with Crippen LogP contribution in [0.25, 0.3) is 16.8 Å². The number of nitrogens with zero attached hydrogens (tertiary/aromatic N) is 1. The Labute approximate surface area is 213 Å². The van der Waals surface area contributed by atoms with E-state index in [9.17, 15) is 24.8 Å². The van der Waals surface area contributed by atoms with Crippen LogP contribution in [-0.4, -0.2) is 28.6 Å². The number of nitro benzene ring substituents is 1. The highest BCUT2D eigenvalue weighted by Gasteiger charge is 2.37. The lowest BCUT2D eigenvalue weighted by molar-refractivity contribution is -0.384. The summed E-state index contributed by atoms with van der Waals surface area (Å²) in [5, 5.41) is 26.5. The van der Waals surface area contributed by atoms with Gasteiger partial charge in [0.25, 0.3) is 5.69 Å². The molecule has 1 unspecified atom stereocenters. The smallest absolute Gasteiger partial charge is 0.336 e. The lowest BCUT2D eigenvalue weighted by atomic mass is 9.80. The van der Waals surface area contributed by atoms with Crippen LogP contribution >= 0.6 is 0 Å². The quantitative estimate of drug-likeness (QED) is 0.177. The highest BCUT2D eigenvalue weighted by atomic mass is 16.6. The number of hydrogen-bond donors (Lipinski definition) is 2. The Morgan fingerprint density at radius 2 is 1.73 bits per heavy atom. The zero-order chi connectivity index (χ0) is 26.5. The number of ether oxygens (including phenoxy) is 1. The van der Waals surface area contributed by atoms with Crippen LogP contribution in [0, 0.1) is 10.1 Å². The van der Waals surface area contributed by atoms with Gasteiger partial charge in [0.15, 0.2) is 0 Å². The van der Waals surface area contributed by atoms with E-state index in [-0.39, 0.29) is 23.4 Å². The van der Waals surface area contributed by atoms with Crippen LogP contribution in [0.5, 0.6) is 0 Å². The Kier molecular flexibility index (Phi) is 7.48. The standard InChI is InChI=1S/C29H26N2O6/c1-18-25(28(32)33)27(23-11-7-12-24(17-23)31(35)36)26(19(2)30-18)29(34)37-15-6-5-8-20-13-14-21-9-3-4-10-22(21)16-20/h3-5,7-14,16-17,27,30H,6,15H2,1-2H3,(H,32,33). The molecular formula is C29H26N2O6. The Balaban J connectivity index is 1.51. The van der Waals surface area contributed by atoms with Gasteiger partial charge >= 0.3 is 11.9 Å². The number of carboxylic acids is 1. The largest absolute Gasteiger partial charge is 0.478 e. The lowest BCUT2D eigenvalue weighted by Gasteiger charge is -2.29. The van der Waals surface area contributed by atoms with Crippen LogP contribution in [0.2, 0.25) is 0 Å². The molecule has 8 heteroatoms. The Hall–Kier alpha value is -4.72. The summed E-state index contributed by atoms with van der Waals surface area (Å²) in [4.78, 5) is 36.1. The number of allylic oxidation sites excluding steroid dienone is 2. The molecule has 3 aromatic carbocycles. The first-order chi connectivity index (χ1) is 17.8. The molecule has 0 aliphatic carbocycles. The molecule has 0 saturated carbocycles. The van der Waals surface area contributed by atoms with E-state index in [1.807, 2.05) is 48.6 Å². The third kappa shape index (κ3) is 5.59. The van der Waals surface area contributed by atoms with E-state index in [1.165, 1.54) is 18.2 Å². The van der Waals surface area contributed by atoms with Crippen molar-refractivity contribution in [3.8, 4) is 0 Å². The molecule has 2 N–H and O–H groups in total.